The number of aryl methyl sites for hydroxylation is 2. The van der Waals surface area contributed by atoms with Crippen molar-refractivity contribution in [2.24, 2.45) is 0 Å². The normalized spacial score (nSPS) is 14.7. The molecule has 1 rings (SSSR count). The molecule has 0 fully saturated rings. The molecule has 84 valence electrons. The quantitative estimate of drug-likeness (QED) is 0.841. The highest BCUT2D eigenvalue weighted by Crippen LogP contribution is 2.05. The summed E-state index contributed by atoms with van der Waals surface area (Å²) >= 11 is 0. The van der Waals surface area contributed by atoms with Gasteiger partial charge in [0.15, 0.2) is 0 Å². The van der Waals surface area contributed by atoms with Gasteiger partial charge in [-0.3, -0.25) is 4.21 Å². The second kappa shape index (κ2) is 5.21. The van der Waals surface area contributed by atoms with Crippen LogP contribution >= 0.6 is 0 Å². The number of hydrogen-bond acceptors (Lipinski definition) is 4. The Kier molecular flexibility index (Phi) is 4.20. The molecule has 4 nitrogen and oxygen atoms in total. The lowest BCUT2D eigenvalue weighted by molar-refractivity contribution is 0.682. The number of anilines is 1. The molecule has 0 spiro atoms. The second-order valence-corrected chi connectivity index (χ2v) is 5.24. The van der Waals surface area contributed by atoms with Gasteiger partial charge in [0.05, 0.1) is 0 Å². The zero-order chi connectivity index (χ0) is 11.4. The van der Waals surface area contributed by atoms with Crippen LogP contribution < -0.4 is 5.32 Å². The van der Waals surface area contributed by atoms with Crippen LogP contribution in [0.15, 0.2) is 6.07 Å². The zero-order valence-corrected chi connectivity index (χ0v) is 10.4. The Morgan fingerprint density at radius 1 is 1.40 bits per heavy atom. The van der Waals surface area contributed by atoms with E-state index in [-0.39, 0.29) is 6.04 Å². The van der Waals surface area contributed by atoms with Crippen molar-refractivity contribution in [1.29, 1.82) is 0 Å². The van der Waals surface area contributed by atoms with E-state index in [1.165, 1.54) is 0 Å². The molecule has 2 atom stereocenters. The van der Waals surface area contributed by atoms with Crippen LogP contribution in [0.4, 0.5) is 5.95 Å². The first-order valence-corrected chi connectivity index (χ1v) is 6.59. The van der Waals surface area contributed by atoms with E-state index < -0.39 is 10.8 Å². The minimum Gasteiger partial charge on any atom is -0.351 e. The summed E-state index contributed by atoms with van der Waals surface area (Å²) in [6.45, 7) is 5.84. The Morgan fingerprint density at radius 3 is 2.40 bits per heavy atom. The van der Waals surface area contributed by atoms with Gasteiger partial charge >= 0.3 is 0 Å². The third-order valence-electron chi connectivity index (χ3n) is 1.84. The summed E-state index contributed by atoms with van der Waals surface area (Å²) in [7, 11) is -0.798. The van der Waals surface area contributed by atoms with E-state index in [4.69, 9.17) is 0 Å². The van der Waals surface area contributed by atoms with E-state index in [9.17, 15) is 4.21 Å². The summed E-state index contributed by atoms with van der Waals surface area (Å²) in [4.78, 5) is 8.52. The van der Waals surface area contributed by atoms with Crippen molar-refractivity contribution < 1.29 is 4.21 Å². The van der Waals surface area contributed by atoms with Gasteiger partial charge in [0.1, 0.15) is 0 Å². The average molecular weight is 227 g/mol. The highest BCUT2D eigenvalue weighted by atomic mass is 32.2. The van der Waals surface area contributed by atoms with E-state index in [2.05, 4.69) is 15.3 Å². The summed E-state index contributed by atoms with van der Waals surface area (Å²) in [6.07, 6.45) is 1.69. The molecule has 0 aliphatic carbocycles. The van der Waals surface area contributed by atoms with Gasteiger partial charge < -0.3 is 5.32 Å². The van der Waals surface area contributed by atoms with Crippen molar-refractivity contribution in [2.75, 3.05) is 17.3 Å². The molecule has 1 aromatic rings. The van der Waals surface area contributed by atoms with Crippen LogP contribution in [0, 0.1) is 13.8 Å². The third-order valence-corrected chi connectivity index (χ3v) is 2.81. The SMILES string of the molecule is Cc1cc(C)nc(NC(C)CS(C)=O)n1. The molecule has 0 aliphatic heterocycles. The minimum atomic E-state index is -0.798. The maximum atomic E-state index is 11.0. The van der Waals surface area contributed by atoms with Crippen molar-refractivity contribution in [3.05, 3.63) is 17.5 Å². The van der Waals surface area contributed by atoms with Crippen LogP contribution in [0.25, 0.3) is 0 Å². The second-order valence-electron chi connectivity index (χ2n) is 3.76. The molecule has 1 aromatic heterocycles. The summed E-state index contributed by atoms with van der Waals surface area (Å²) in [6, 6.07) is 2.05. The van der Waals surface area contributed by atoms with Gasteiger partial charge in [-0.25, -0.2) is 9.97 Å². The molecule has 0 saturated heterocycles. The summed E-state index contributed by atoms with van der Waals surface area (Å²) in [5.74, 6) is 1.22. The Bertz CT molecular complexity index is 347. The minimum absolute atomic E-state index is 0.122. The van der Waals surface area contributed by atoms with Crippen molar-refractivity contribution in [3.8, 4) is 0 Å². The summed E-state index contributed by atoms with van der Waals surface area (Å²) < 4.78 is 11.0. The van der Waals surface area contributed by atoms with Crippen molar-refractivity contribution >= 4 is 16.7 Å². The van der Waals surface area contributed by atoms with E-state index >= 15 is 0 Å². The van der Waals surface area contributed by atoms with Gasteiger partial charge in [-0.05, 0) is 26.8 Å². The van der Waals surface area contributed by atoms with Crippen molar-refractivity contribution in [1.82, 2.24) is 9.97 Å². The Labute approximate surface area is 93.0 Å². The monoisotopic (exact) mass is 227 g/mol. The molecule has 0 radical (unpaired) electrons. The van der Waals surface area contributed by atoms with Crippen LogP contribution in [-0.4, -0.2) is 32.2 Å². The molecule has 0 aromatic carbocycles. The molecular formula is C10H17N3OS. The number of nitrogens with one attached hydrogen (secondary N) is 1. The molecule has 1 heterocycles. The maximum absolute atomic E-state index is 11.0. The van der Waals surface area contributed by atoms with E-state index in [0.29, 0.717) is 11.7 Å². The van der Waals surface area contributed by atoms with Gasteiger partial charge in [0, 0.05) is 40.2 Å². The van der Waals surface area contributed by atoms with Gasteiger partial charge in [-0.1, -0.05) is 0 Å². The smallest absolute Gasteiger partial charge is 0.223 e. The predicted octanol–water partition coefficient (Wildman–Crippen LogP) is 1.27. The molecule has 15 heavy (non-hydrogen) atoms. The van der Waals surface area contributed by atoms with Crippen LogP contribution in [0.2, 0.25) is 0 Å². The molecule has 0 aliphatic rings. The van der Waals surface area contributed by atoms with Crippen LogP contribution in [0.3, 0.4) is 0 Å². The van der Waals surface area contributed by atoms with Gasteiger partial charge in [-0.2, -0.15) is 0 Å². The van der Waals surface area contributed by atoms with Gasteiger partial charge in [0.2, 0.25) is 5.95 Å². The van der Waals surface area contributed by atoms with Crippen molar-refractivity contribution in [3.63, 3.8) is 0 Å². The van der Waals surface area contributed by atoms with E-state index in [1.54, 1.807) is 6.26 Å². The number of hydrogen-bond donors (Lipinski definition) is 1. The van der Waals surface area contributed by atoms with Crippen molar-refractivity contribution in [2.45, 2.75) is 26.8 Å². The first-order valence-electron chi connectivity index (χ1n) is 4.86. The lowest BCUT2D eigenvalue weighted by atomic mass is 10.3. The molecule has 0 amide bonds. The fourth-order valence-electron chi connectivity index (χ4n) is 1.40. The van der Waals surface area contributed by atoms with Crippen LogP contribution in [0.1, 0.15) is 18.3 Å². The molecular weight excluding hydrogens is 210 g/mol. The number of rotatable bonds is 4. The number of nitrogens with zero attached hydrogens (tertiary/aromatic N) is 2. The van der Waals surface area contributed by atoms with Gasteiger partial charge in [0.25, 0.3) is 0 Å². The molecule has 5 heteroatoms. The Hall–Kier alpha value is -0.970. The fourth-order valence-corrected chi connectivity index (χ4v) is 2.19. The summed E-state index contributed by atoms with van der Waals surface area (Å²) in [5, 5.41) is 3.14. The summed E-state index contributed by atoms with van der Waals surface area (Å²) in [5.41, 5.74) is 1.88. The Morgan fingerprint density at radius 2 is 1.93 bits per heavy atom. The largest absolute Gasteiger partial charge is 0.351 e. The third kappa shape index (κ3) is 4.38. The lowest BCUT2D eigenvalue weighted by Crippen LogP contribution is -2.23. The molecule has 1 N–H and O–H groups in total. The van der Waals surface area contributed by atoms with Crippen LogP contribution in [0.5, 0.6) is 0 Å². The van der Waals surface area contributed by atoms with E-state index in [1.807, 2.05) is 26.8 Å². The van der Waals surface area contributed by atoms with Crippen LogP contribution in [-0.2, 0) is 10.8 Å². The topological polar surface area (TPSA) is 54.9 Å². The lowest BCUT2D eigenvalue weighted by Gasteiger charge is -2.12. The molecule has 0 saturated carbocycles. The highest BCUT2D eigenvalue weighted by Gasteiger charge is 2.06. The highest BCUT2D eigenvalue weighted by molar-refractivity contribution is 7.84. The van der Waals surface area contributed by atoms with Gasteiger partial charge in [-0.15, -0.1) is 0 Å². The fraction of sp³-hybridized carbons (Fsp3) is 0.600. The Balaban J connectivity index is 2.67. The zero-order valence-electron chi connectivity index (χ0n) is 9.57. The molecule has 0 bridgehead atoms. The molecule has 2 unspecified atom stereocenters. The average Bonchev–Trinajstić information content (AvgIpc) is 1.98. The first-order chi connectivity index (χ1) is 6.97. The van der Waals surface area contributed by atoms with E-state index in [0.717, 1.165) is 11.4 Å². The maximum Gasteiger partial charge on any atom is 0.223 e. The standard InChI is InChI=1S/C10H17N3OS/c1-7-5-8(2)12-10(11-7)13-9(3)6-15(4)14/h5,9H,6H2,1-4H3,(H,11,12,13). The predicted molar refractivity (Wildman–Crippen MR) is 63.5 cm³/mol. The number of aromatic nitrogens is 2. The first kappa shape index (κ1) is 12.1.